The molecule has 1 atom stereocenters. The Balaban J connectivity index is 0.00000256. The first-order valence-electron chi connectivity index (χ1n) is 5.81. The van der Waals surface area contributed by atoms with Crippen molar-refractivity contribution < 1.29 is 8.91 Å². The average Bonchev–Trinajstić information content (AvgIpc) is 2.25. The maximum absolute atomic E-state index is 11.9. The van der Waals surface area contributed by atoms with Gasteiger partial charge in [-0.25, -0.2) is 0 Å². The smallest absolute Gasteiger partial charge is 0.179 e. The first kappa shape index (κ1) is 8.45. The van der Waals surface area contributed by atoms with Gasteiger partial charge in [0, 0.05) is 9.68 Å². The molecule has 3 heteroatoms. The van der Waals surface area contributed by atoms with Gasteiger partial charge in [-0.1, -0.05) is 37.3 Å². The van der Waals surface area contributed by atoms with E-state index in [1.165, 1.54) is 0 Å². The fourth-order valence-corrected chi connectivity index (χ4v) is 1.16. The Morgan fingerprint density at radius 2 is 2.14 bits per heavy atom. The van der Waals surface area contributed by atoms with Crippen molar-refractivity contribution in [2.45, 2.75) is 19.4 Å². The number of nitrogens with one attached hydrogen (secondary N) is 1. The van der Waals surface area contributed by atoms with Crippen molar-refractivity contribution in [3.05, 3.63) is 35.9 Å². The first-order valence-corrected chi connectivity index (χ1v) is 4.31. The second-order valence-electron chi connectivity index (χ2n) is 2.84. The Morgan fingerprint density at radius 1 is 1.50 bits per heavy atom. The van der Waals surface area contributed by atoms with E-state index in [1.54, 1.807) is 31.2 Å². The average molecular weight is 217 g/mol. The van der Waals surface area contributed by atoms with Crippen LogP contribution in [0, 0.1) is 0 Å². The molecular formula is C11H16ClNO. The van der Waals surface area contributed by atoms with Gasteiger partial charge in [0.2, 0.25) is 0 Å². The van der Waals surface area contributed by atoms with E-state index < -0.39 is 13.0 Å². The molecule has 1 rings (SSSR count). The monoisotopic (exact) mass is 216 g/mol. The van der Waals surface area contributed by atoms with Crippen LogP contribution in [0.2, 0.25) is 0 Å². The molecule has 0 saturated carbocycles. The molecule has 1 aromatic carbocycles. The number of rotatable bonds is 4. The molecule has 0 fully saturated rings. The molecule has 1 unspecified atom stereocenters. The molecule has 2 nitrogen and oxygen atoms in total. The largest absolute Gasteiger partial charge is 0.310 e. The maximum Gasteiger partial charge on any atom is 0.179 e. The SMILES string of the molecule is Cl.[2H]C([2H])([2H])NC(CC)C(=O)c1ccccc1. The van der Waals surface area contributed by atoms with Gasteiger partial charge in [0.05, 0.1) is 6.04 Å². The van der Waals surface area contributed by atoms with E-state index in [4.69, 9.17) is 4.11 Å². The molecule has 1 N–H and O–H groups in total. The fraction of sp³-hybridized carbons (Fsp3) is 0.364. The molecule has 0 aliphatic carbocycles. The molecule has 0 spiro atoms. The molecule has 0 radical (unpaired) electrons. The number of carbonyl (C=O) groups excluding carboxylic acids is 1. The van der Waals surface area contributed by atoms with Crippen LogP contribution in [-0.2, 0) is 0 Å². The van der Waals surface area contributed by atoms with Crippen LogP contribution in [0.1, 0.15) is 27.8 Å². The highest BCUT2D eigenvalue weighted by Crippen LogP contribution is 2.05. The molecule has 0 saturated heterocycles. The van der Waals surface area contributed by atoms with Crippen molar-refractivity contribution in [1.29, 1.82) is 0 Å². The van der Waals surface area contributed by atoms with Crippen molar-refractivity contribution in [3.63, 3.8) is 0 Å². The predicted molar refractivity (Wildman–Crippen MR) is 61.2 cm³/mol. The summed E-state index contributed by atoms with van der Waals surface area (Å²) < 4.78 is 21.3. The van der Waals surface area contributed by atoms with Crippen molar-refractivity contribution >= 4 is 18.2 Å². The Labute approximate surface area is 95.3 Å². The summed E-state index contributed by atoms with van der Waals surface area (Å²) in [5.41, 5.74) is 0.533. The topological polar surface area (TPSA) is 29.1 Å². The van der Waals surface area contributed by atoms with Crippen LogP contribution in [0.3, 0.4) is 0 Å². The quantitative estimate of drug-likeness (QED) is 0.783. The number of hydrogen-bond acceptors (Lipinski definition) is 2. The standard InChI is InChI=1S/C11H15NO.ClH/c1-3-10(12-2)11(13)9-7-5-4-6-8-9;/h4-8,10,12H,3H2,1-2H3;1H/i2D3;. The number of ketones is 1. The van der Waals surface area contributed by atoms with E-state index in [-0.39, 0.29) is 18.2 Å². The van der Waals surface area contributed by atoms with Gasteiger partial charge in [0.15, 0.2) is 5.78 Å². The van der Waals surface area contributed by atoms with E-state index in [1.807, 2.05) is 6.07 Å². The van der Waals surface area contributed by atoms with Crippen LogP contribution >= 0.6 is 12.4 Å². The Kier molecular flexibility index (Phi) is 3.97. The molecule has 14 heavy (non-hydrogen) atoms. The predicted octanol–water partition coefficient (Wildman–Crippen LogP) is 2.29. The van der Waals surface area contributed by atoms with Crippen LogP contribution in [0.15, 0.2) is 30.3 Å². The summed E-state index contributed by atoms with van der Waals surface area (Å²) in [6.45, 7) is -0.505. The van der Waals surface area contributed by atoms with Crippen LogP contribution in [0.4, 0.5) is 0 Å². The molecule has 0 heterocycles. The van der Waals surface area contributed by atoms with Gasteiger partial charge in [0.25, 0.3) is 0 Å². The number of halogens is 1. The van der Waals surface area contributed by atoms with Crippen LogP contribution < -0.4 is 5.32 Å². The number of benzene rings is 1. The minimum Gasteiger partial charge on any atom is -0.310 e. The van der Waals surface area contributed by atoms with Crippen LogP contribution in [-0.4, -0.2) is 18.8 Å². The van der Waals surface area contributed by atoms with Crippen LogP contribution in [0.25, 0.3) is 0 Å². The number of hydrogen-bond donors (Lipinski definition) is 1. The molecular weight excluding hydrogens is 198 g/mol. The van der Waals surface area contributed by atoms with Crippen molar-refractivity contribution in [2.75, 3.05) is 6.98 Å². The Morgan fingerprint density at radius 3 is 2.64 bits per heavy atom. The summed E-state index contributed by atoms with van der Waals surface area (Å²) >= 11 is 0. The summed E-state index contributed by atoms with van der Waals surface area (Å²) in [6, 6.07) is 8.05. The number of Topliss-reactive ketones (excluding diaryl/α,β-unsaturated/α-hetero) is 1. The Hall–Kier alpha value is -0.860. The van der Waals surface area contributed by atoms with E-state index >= 15 is 0 Å². The van der Waals surface area contributed by atoms with Crippen molar-refractivity contribution in [3.8, 4) is 0 Å². The van der Waals surface area contributed by atoms with Gasteiger partial charge in [-0.15, -0.1) is 12.4 Å². The zero-order valence-corrected chi connectivity index (χ0v) is 8.80. The minimum atomic E-state index is -2.29. The zero-order valence-electron chi connectivity index (χ0n) is 11.0. The van der Waals surface area contributed by atoms with Gasteiger partial charge in [0.1, 0.15) is 0 Å². The highest BCUT2D eigenvalue weighted by atomic mass is 35.5. The van der Waals surface area contributed by atoms with Gasteiger partial charge in [-0.05, 0) is 13.4 Å². The summed E-state index contributed by atoms with van der Waals surface area (Å²) in [5, 5.41) is 2.35. The van der Waals surface area contributed by atoms with E-state index in [9.17, 15) is 4.79 Å². The molecule has 0 aliphatic rings. The zero-order chi connectivity index (χ0) is 12.2. The lowest BCUT2D eigenvalue weighted by Gasteiger charge is -2.11. The lowest BCUT2D eigenvalue weighted by atomic mass is 10.0. The molecule has 0 bridgehead atoms. The van der Waals surface area contributed by atoms with E-state index in [0.29, 0.717) is 12.0 Å². The summed E-state index contributed by atoms with van der Waals surface area (Å²) in [7, 11) is 0. The number of carbonyl (C=O) groups is 1. The lowest BCUT2D eigenvalue weighted by Crippen LogP contribution is -2.33. The van der Waals surface area contributed by atoms with E-state index in [2.05, 4.69) is 5.32 Å². The van der Waals surface area contributed by atoms with E-state index in [0.717, 1.165) is 0 Å². The van der Waals surface area contributed by atoms with Gasteiger partial charge in [-0.3, -0.25) is 4.79 Å². The third kappa shape index (κ3) is 3.13. The van der Waals surface area contributed by atoms with Crippen molar-refractivity contribution in [1.82, 2.24) is 5.32 Å². The molecule has 1 aromatic rings. The number of likely N-dealkylation sites (N-methyl/N-ethyl adjacent to an activating group) is 1. The second-order valence-corrected chi connectivity index (χ2v) is 2.84. The summed E-state index contributed by atoms with van der Waals surface area (Å²) in [5.74, 6) is -0.181. The molecule has 0 amide bonds. The molecule has 0 aromatic heterocycles. The maximum atomic E-state index is 11.9. The summed E-state index contributed by atoms with van der Waals surface area (Å²) in [6.07, 6.45) is 0.451. The van der Waals surface area contributed by atoms with Gasteiger partial charge < -0.3 is 5.32 Å². The normalized spacial score (nSPS) is 15.6. The lowest BCUT2D eigenvalue weighted by molar-refractivity contribution is 0.0945. The molecule has 0 aliphatic heterocycles. The highest BCUT2D eigenvalue weighted by Gasteiger charge is 2.14. The fourth-order valence-electron chi connectivity index (χ4n) is 1.16. The van der Waals surface area contributed by atoms with Crippen LogP contribution in [0.5, 0.6) is 0 Å². The highest BCUT2D eigenvalue weighted by molar-refractivity contribution is 5.99. The third-order valence-corrected chi connectivity index (χ3v) is 1.96. The van der Waals surface area contributed by atoms with Gasteiger partial charge in [-0.2, -0.15) is 0 Å². The minimum absolute atomic E-state index is 0. The van der Waals surface area contributed by atoms with Crippen molar-refractivity contribution in [2.24, 2.45) is 0 Å². The Bertz CT molecular complexity index is 353. The summed E-state index contributed by atoms with van der Waals surface area (Å²) in [4.78, 5) is 11.9. The second kappa shape index (κ2) is 6.57. The molecule has 78 valence electrons. The first-order chi connectivity index (χ1) is 7.44. The third-order valence-electron chi connectivity index (χ3n) is 1.96. The van der Waals surface area contributed by atoms with Gasteiger partial charge >= 0.3 is 0 Å².